The summed E-state index contributed by atoms with van der Waals surface area (Å²) in [6.45, 7) is 3.95. The van der Waals surface area contributed by atoms with Crippen molar-refractivity contribution in [3.63, 3.8) is 0 Å². The van der Waals surface area contributed by atoms with Gasteiger partial charge in [-0.3, -0.25) is 9.35 Å². The van der Waals surface area contributed by atoms with Crippen LogP contribution in [-0.4, -0.2) is 97.5 Å². The second kappa shape index (κ2) is 39.9. The Morgan fingerprint density at radius 3 is 1.61 bits per heavy atom. The van der Waals surface area contributed by atoms with Crippen molar-refractivity contribution in [3.8, 4) is 0 Å². The van der Waals surface area contributed by atoms with E-state index in [2.05, 4.69) is 54.5 Å². The van der Waals surface area contributed by atoms with Gasteiger partial charge in [0.15, 0.2) is 6.29 Å². The third kappa shape index (κ3) is 33.5. The summed E-state index contributed by atoms with van der Waals surface area (Å²) in [6, 6.07) is 0. The van der Waals surface area contributed by atoms with Gasteiger partial charge < -0.3 is 34.3 Å². The Bertz CT molecular complexity index is 1210. The van der Waals surface area contributed by atoms with Crippen molar-refractivity contribution in [1.82, 2.24) is 0 Å². The summed E-state index contributed by atoms with van der Waals surface area (Å²) in [7, 11) is -5.06. The predicted octanol–water partition coefficient (Wildman–Crippen LogP) is 10.6. The Hall–Kier alpha value is -1.68. The molecule has 0 aromatic heterocycles. The first kappa shape index (κ1) is 57.3. The number of hydrogen-bond donors (Lipinski definition) is 4. The van der Waals surface area contributed by atoms with Crippen LogP contribution in [0.4, 0.5) is 0 Å². The molecule has 13 heteroatoms. The zero-order valence-corrected chi connectivity index (χ0v) is 39.0. The molecule has 0 aromatic rings. The molecule has 0 saturated carbocycles. The molecule has 1 aliphatic heterocycles. The quantitative estimate of drug-likeness (QED) is 0.0198. The summed E-state index contributed by atoms with van der Waals surface area (Å²) in [5.41, 5.74) is 0. The highest BCUT2D eigenvalue weighted by atomic mass is 32.3. The Kier molecular flexibility index (Phi) is 37.5. The minimum absolute atomic E-state index is 0.0315. The van der Waals surface area contributed by atoms with Crippen LogP contribution in [-0.2, 0) is 38.3 Å². The number of esters is 1. The molecule has 0 radical (unpaired) electrons. The minimum Gasteiger partial charge on any atom is -0.457 e. The normalized spacial score (nSPS) is 20.4. The van der Waals surface area contributed by atoms with Crippen LogP contribution >= 0.6 is 0 Å². The maximum atomic E-state index is 12.9. The molecule has 6 atom stereocenters. The van der Waals surface area contributed by atoms with E-state index in [-0.39, 0.29) is 19.6 Å². The van der Waals surface area contributed by atoms with Gasteiger partial charge in [-0.2, -0.15) is 8.42 Å². The van der Waals surface area contributed by atoms with Gasteiger partial charge in [-0.1, -0.05) is 159 Å². The number of carbonyl (C=O) groups excluding carboxylic acids is 1. The Morgan fingerprint density at radius 2 is 1.08 bits per heavy atom. The maximum Gasteiger partial charge on any atom is 0.397 e. The minimum atomic E-state index is -5.06. The van der Waals surface area contributed by atoms with Crippen LogP contribution in [0, 0.1) is 0 Å². The molecule has 1 rings (SSSR count). The lowest BCUT2D eigenvalue weighted by molar-refractivity contribution is -0.301. The highest BCUT2D eigenvalue weighted by Gasteiger charge is 2.48. The number of aliphatic hydroxyl groups excluding tert-OH is 3. The third-order valence-electron chi connectivity index (χ3n) is 11.0. The van der Waals surface area contributed by atoms with Gasteiger partial charge in [0.25, 0.3) is 0 Å². The first-order valence-electron chi connectivity index (χ1n) is 24.2. The lowest BCUT2D eigenvalue weighted by atomic mass is 9.99. The number of rotatable bonds is 42. The van der Waals surface area contributed by atoms with Crippen molar-refractivity contribution in [2.45, 2.75) is 237 Å². The summed E-state index contributed by atoms with van der Waals surface area (Å²) in [6.07, 6.45) is 37.4. The largest absolute Gasteiger partial charge is 0.457 e. The molecule has 0 bridgehead atoms. The van der Waals surface area contributed by atoms with E-state index in [1.165, 1.54) is 109 Å². The molecule has 0 amide bonds. The molecule has 358 valence electrons. The molecule has 1 fully saturated rings. The molecule has 0 aromatic carbocycles. The average molecular weight is 889 g/mol. The molecule has 1 aliphatic rings. The molecule has 12 nitrogen and oxygen atoms in total. The van der Waals surface area contributed by atoms with Crippen LogP contribution in [0.25, 0.3) is 0 Å². The Morgan fingerprint density at radius 1 is 0.623 bits per heavy atom. The van der Waals surface area contributed by atoms with Gasteiger partial charge in [0, 0.05) is 13.0 Å². The second-order valence-electron chi connectivity index (χ2n) is 16.7. The van der Waals surface area contributed by atoms with Crippen molar-refractivity contribution in [3.05, 3.63) is 36.5 Å². The number of ether oxygens (including phenoxy) is 4. The van der Waals surface area contributed by atoms with E-state index in [0.29, 0.717) is 13.0 Å². The first-order valence-corrected chi connectivity index (χ1v) is 25.6. The second-order valence-corrected chi connectivity index (χ2v) is 17.7. The number of carbonyl (C=O) groups is 1. The van der Waals surface area contributed by atoms with E-state index >= 15 is 0 Å². The lowest BCUT2D eigenvalue weighted by Gasteiger charge is -2.41. The van der Waals surface area contributed by atoms with E-state index in [9.17, 15) is 28.5 Å². The zero-order chi connectivity index (χ0) is 44.7. The summed E-state index contributed by atoms with van der Waals surface area (Å²) in [5.74, 6) is -0.409. The van der Waals surface area contributed by atoms with Crippen LogP contribution in [0.15, 0.2) is 36.5 Å². The van der Waals surface area contributed by atoms with E-state index in [1.807, 2.05) is 0 Å². The first-order chi connectivity index (χ1) is 29.6. The van der Waals surface area contributed by atoms with E-state index < -0.39 is 59.8 Å². The maximum absolute atomic E-state index is 12.9. The van der Waals surface area contributed by atoms with Crippen molar-refractivity contribution in [1.29, 1.82) is 0 Å². The third-order valence-corrected chi connectivity index (χ3v) is 11.5. The highest BCUT2D eigenvalue weighted by molar-refractivity contribution is 7.80. The predicted molar refractivity (Wildman–Crippen MR) is 243 cm³/mol. The van der Waals surface area contributed by atoms with E-state index in [1.54, 1.807) is 0 Å². The van der Waals surface area contributed by atoms with Gasteiger partial charge in [0.05, 0.1) is 19.8 Å². The molecular formula is C48H88O12S. The monoisotopic (exact) mass is 889 g/mol. The van der Waals surface area contributed by atoms with Crippen LogP contribution in [0.1, 0.15) is 200 Å². The van der Waals surface area contributed by atoms with E-state index in [0.717, 1.165) is 64.2 Å². The number of aliphatic hydroxyl groups is 3. The molecule has 1 heterocycles. The van der Waals surface area contributed by atoms with Gasteiger partial charge in [-0.25, -0.2) is 4.18 Å². The van der Waals surface area contributed by atoms with Crippen LogP contribution in [0.3, 0.4) is 0 Å². The zero-order valence-electron chi connectivity index (χ0n) is 38.2. The van der Waals surface area contributed by atoms with Crippen LogP contribution in [0.2, 0.25) is 0 Å². The SMILES string of the molecule is CCCCC/C=C\C/C=C\CCCCCCCCCCCCOCC(COC1OC(CO)C(O)C(OS(=O)(=O)O)C1O)OC(=O)CCCCCCC/C=C\CCCCCCC. The van der Waals surface area contributed by atoms with Gasteiger partial charge in [0.2, 0.25) is 0 Å². The number of unbranched alkanes of at least 4 members (excludes halogenated alkanes) is 23. The molecule has 6 unspecified atom stereocenters. The summed E-state index contributed by atoms with van der Waals surface area (Å²) in [5, 5.41) is 30.7. The van der Waals surface area contributed by atoms with Crippen molar-refractivity contribution in [2.75, 3.05) is 26.4 Å². The molecule has 0 spiro atoms. The fourth-order valence-electron chi connectivity index (χ4n) is 7.29. The summed E-state index contributed by atoms with van der Waals surface area (Å²) >= 11 is 0. The summed E-state index contributed by atoms with van der Waals surface area (Å²) in [4.78, 5) is 12.9. The fraction of sp³-hybridized carbons (Fsp3) is 0.854. The van der Waals surface area contributed by atoms with Crippen molar-refractivity contribution in [2.24, 2.45) is 0 Å². The van der Waals surface area contributed by atoms with Gasteiger partial charge in [0.1, 0.15) is 30.5 Å². The van der Waals surface area contributed by atoms with E-state index in [4.69, 9.17) is 23.5 Å². The van der Waals surface area contributed by atoms with Gasteiger partial charge in [-0.05, 0) is 70.6 Å². The summed E-state index contributed by atoms with van der Waals surface area (Å²) < 4.78 is 59.1. The lowest BCUT2D eigenvalue weighted by Crippen LogP contribution is -2.60. The molecule has 0 aliphatic carbocycles. The topological polar surface area (TPSA) is 178 Å². The average Bonchev–Trinajstić information content (AvgIpc) is 3.23. The molecule has 4 N–H and O–H groups in total. The van der Waals surface area contributed by atoms with Gasteiger partial charge >= 0.3 is 16.4 Å². The van der Waals surface area contributed by atoms with Gasteiger partial charge in [-0.15, -0.1) is 0 Å². The smallest absolute Gasteiger partial charge is 0.397 e. The molecule has 1 saturated heterocycles. The van der Waals surface area contributed by atoms with Crippen LogP contribution in [0.5, 0.6) is 0 Å². The fourth-order valence-corrected chi connectivity index (χ4v) is 7.79. The number of allylic oxidation sites excluding steroid dienone is 6. The molecule has 61 heavy (non-hydrogen) atoms. The standard InChI is InChI=1S/C48H88O12S/c1-3-5-7-9-11-13-15-17-19-20-21-22-23-24-26-28-30-32-34-36-38-56-40-42(41-57-48-46(52)47(60-61(53,54)55)45(51)43(39-49)59-48)58-44(50)37-35-33-31-29-27-25-18-16-14-12-10-8-6-4-2/h11,13,16-19,42-43,45-49,51-52H,3-10,12,14-15,20-41H2,1-2H3,(H,53,54,55)/b13-11-,18-16-,19-17-. The molecular weight excluding hydrogens is 801 g/mol. The van der Waals surface area contributed by atoms with Crippen molar-refractivity contribution >= 4 is 16.4 Å². The Balaban J connectivity index is 2.38. The number of hydrogen-bond acceptors (Lipinski definition) is 11. The Labute approximate surface area is 371 Å². The van der Waals surface area contributed by atoms with Crippen molar-refractivity contribution < 1.29 is 56.2 Å². The highest BCUT2D eigenvalue weighted by Crippen LogP contribution is 2.26. The van der Waals surface area contributed by atoms with Crippen LogP contribution < -0.4 is 0 Å².